The van der Waals surface area contributed by atoms with Crippen LogP contribution >= 0.6 is 0 Å². The van der Waals surface area contributed by atoms with E-state index in [1.54, 1.807) is 18.2 Å². The minimum absolute atomic E-state index is 0.135. The molecule has 0 aliphatic rings. The van der Waals surface area contributed by atoms with Crippen LogP contribution in [0.3, 0.4) is 0 Å². The zero-order valence-electron chi connectivity index (χ0n) is 13.5. The SMILES string of the molecule is CCCc1cc(=O)[nH]c(C(=Cc2ccc(C(=O)OC)o2)CC)n1. The van der Waals surface area contributed by atoms with Crippen LogP contribution < -0.4 is 5.56 Å². The third-order valence-electron chi connectivity index (χ3n) is 3.32. The quantitative estimate of drug-likeness (QED) is 0.828. The minimum atomic E-state index is -0.529. The Morgan fingerprint density at radius 3 is 2.83 bits per heavy atom. The Kier molecular flexibility index (Phi) is 5.51. The Labute approximate surface area is 134 Å². The van der Waals surface area contributed by atoms with Gasteiger partial charge in [-0.1, -0.05) is 20.3 Å². The summed E-state index contributed by atoms with van der Waals surface area (Å²) in [6.07, 6.45) is 4.09. The number of nitrogens with one attached hydrogen (secondary N) is 1. The number of carbonyl (C=O) groups is 1. The zero-order chi connectivity index (χ0) is 16.8. The predicted molar refractivity (Wildman–Crippen MR) is 87.1 cm³/mol. The van der Waals surface area contributed by atoms with Crippen LogP contribution in [0.15, 0.2) is 27.4 Å². The molecule has 2 heterocycles. The molecule has 0 spiro atoms. The third-order valence-corrected chi connectivity index (χ3v) is 3.32. The largest absolute Gasteiger partial charge is 0.463 e. The van der Waals surface area contributed by atoms with E-state index < -0.39 is 5.97 Å². The molecule has 0 fully saturated rings. The van der Waals surface area contributed by atoms with Gasteiger partial charge >= 0.3 is 5.97 Å². The second-order valence-corrected chi connectivity index (χ2v) is 5.05. The summed E-state index contributed by atoms with van der Waals surface area (Å²) in [6, 6.07) is 4.74. The normalized spacial score (nSPS) is 11.5. The lowest BCUT2D eigenvalue weighted by Crippen LogP contribution is -2.12. The number of methoxy groups -OCH3 is 1. The molecule has 0 amide bonds. The van der Waals surface area contributed by atoms with Crippen LogP contribution in [-0.4, -0.2) is 23.0 Å². The molecule has 0 atom stereocenters. The number of aryl methyl sites for hydroxylation is 1. The van der Waals surface area contributed by atoms with Crippen molar-refractivity contribution in [3.8, 4) is 0 Å². The first kappa shape index (κ1) is 16.7. The van der Waals surface area contributed by atoms with Crippen molar-refractivity contribution in [3.63, 3.8) is 0 Å². The fourth-order valence-corrected chi connectivity index (χ4v) is 2.19. The summed E-state index contributed by atoms with van der Waals surface area (Å²) >= 11 is 0. The van der Waals surface area contributed by atoms with Gasteiger partial charge in [0, 0.05) is 11.8 Å². The van der Waals surface area contributed by atoms with Crippen molar-refractivity contribution in [1.82, 2.24) is 9.97 Å². The minimum Gasteiger partial charge on any atom is -0.463 e. The van der Waals surface area contributed by atoms with Crippen molar-refractivity contribution < 1.29 is 13.9 Å². The Morgan fingerprint density at radius 1 is 1.39 bits per heavy atom. The van der Waals surface area contributed by atoms with Crippen molar-refractivity contribution in [2.75, 3.05) is 7.11 Å². The number of nitrogens with zero attached hydrogens (tertiary/aromatic N) is 1. The van der Waals surface area contributed by atoms with Crippen molar-refractivity contribution in [2.45, 2.75) is 33.1 Å². The molecule has 2 rings (SSSR count). The van der Waals surface area contributed by atoms with Crippen molar-refractivity contribution in [3.05, 3.63) is 51.6 Å². The number of carbonyl (C=O) groups excluding carboxylic acids is 1. The maximum atomic E-state index is 11.8. The molecule has 2 aromatic rings. The van der Waals surface area contributed by atoms with Crippen molar-refractivity contribution >= 4 is 17.6 Å². The van der Waals surface area contributed by atoms with Gasteiger partial charge in [-0.15, -0.1) is 0 Å². The molecule has 0 aliphatic carbocycles. The maximum Gasteiger partial charge on any atom is 0.373 e. The second-order valence-electron chi connectivity index (χ2n) is 5.05. The monoisotopic (exact) mass is 316 g/mol. The highest BCUT2D eigenvalue weighted by Gasteiger charge is 2.11. The standard InChI is InChI=1S/C17H20N2O4/c1-4-6-12-10-15(20)19-16(18-12)11(5-2)9-13-7-8-14(23-13)17(21)22-3/h7-10H,4-6H2,1-3H3,(H,18,19,20). The van der Waals surface area contributed by atoms with Crippen LogP contribution in [0.25, 0.3) is 11.6 Å². The molecule has 0 unspecified atom stereocenters. The van der Waals surface area contributed by atoms with Crippen LogP contribution in [-0.2, 0) is 11.2 Å². The van der Waals surface area contributed by atoms with E-state index in [0.717, 1.165) is 24.1 Å². The van der Waals surface area contributed by atoms with E-state index >= 15 is 0 Å². The zero-order valence-corrected chi connectivity index (χ0v) is 13.5. The van der Waals surface area contributed by atoms with Gasteiger partial charge in [-0.2, -0.15) is 0 Å². The predicted octanol–water partition coefficient (Wildman–Crippen LogP) is 3.05. The van der Waals surface area contributed by atoms with Crippen molar-refractivity contribution in [2.24, 2.45) is 0 Å². The molecule has 0 aliphatic heterocycles. The van der Waals surface area contributed by atoms with Gasteiger partial charge in [0.15, 0.2) is 0 Å². The highest BCUT2D eigenvalue weighted by Crippen LogP contribution is 2.20. The number of rotatable bonds is 6. The van der Waals surface area contributed by atoms with Gasteiger partial charge in [0.25, 0.3) is 5.56 Å². The lowest BCUT2D eigenvalue weighted by atomic mass is 10.1. The molecule has 2 aromatic heterocycles. The Morgan fingerprint density at radius 2 is 2.17 bits per heavy atom. The molecular formula is C17H20N2O4. The summed E-state index contributed by atoms with van der Waals surface area (Å²) in [5.41, 5.74) is 1.42. The smallest absolute Gasteiger partial charge is 0.373 e. The molecule has 0 saturated heterocycles. The Bertz CT molecular complexity index is 771. The molecular weight excluding hydrogens is 296 g/mol. The highest BCUT2D eigenvalue weighted by molar-refractivity contribution is 5.87. The van der Waals surface area contributed by atoms with Crippen LogP contribution in [0.4, 0.5) is 0 Å². The van der Waals surface area contributed by atoms with E-state index in [1.165, 1.54) is 13.2 Å². The van der Waals surface area contributed by atoms with Crippen LogP contribution in [0.1, 0.15) is 54.5 Å². The first-order valence-electron chi connectivity index (χ1n) is 7.56. The van der Waals surface area contributed by atoms with Gasteiger partial charge in [0.05, 0.1) is 7.11 Å². The van der Waals surface area contributed by atoms with E-state index in [2.05, 4.69) is 14.7 Å². The molecule has 6 heteroatoms. The van der Waals surface area contributed by atoms with Gasteiger partial charge < -0.3 is 14.1 Å². The number of allylic oxidation sites excluding steroid dienone is 1. The third kappa shape index (κ3) is 4.18. The lowest BCUT2D eigenvalue weighted by molar-refractivity contribution is 0.0564. The van der Waals surface area contributed by atoms with Gasteiger partial charge in [-0.3, -0.25) is 4.79 Å². The first-order chi connectivity index (χ1) is 11.1. The molecule has 0 saturated carbocycles. The van der Waals surface area contributed by atoms with Crippen molar-refractivity contribution in [1.29, 1.82) is 0 Å². The molecule has 6 nitrogen and oxygen atoms in total. The Balaban J connectivity index is 2.37. The summed E-state index contributed by atoms with van der Waals surface area (Å²) in [5.74, 6) is 0.639. The average Bonchev–Trinajstić information content (AvgIpc) is 3.00. The van der Waals surface area contributed by atoms with E-state index in [-0.39, 0.29) is 11.3 Å². The van der Waals surface area contributed by atoms with Crippen LogP contribution in [0, 0.1) is 0 Å². The van der Waals surface area contributed by atoms with E-state index in [9.17, 15) is 9.59 Å². The topological polar surface area (TPSA) is 85.2 Å². The van der Waals surface area contributed by atoms with E-state index in [0.29, 0.717) is 18.0 Å². The average molecular weight is 316 g/mol. The van der Waals surface area contributed by atoms with Gasteiger partial charge in [0.2, 0.25) is 5.76 Å². The second kappa shape index (κ2) is 7.58. The number of aromatic amines is 1. The molecule has 1 N–H and O–H groups in total. The lowest BCUT2D eigenvalue weighted by Gasteiger charge is -2.06. The number of ether oxygens (including phenoxy) is 1. The highest BCUT2D eigenvalue weighted by atomic mass is 16.5. The van der Waals surface area contributed by atoms with Crippen LogP contribution in [0.2, 0.25) is 0 Å². The maximum absolute atomic E-state index is 11.8. The van der Waals surface area contributed by atoms with E-state index in [1.807, 2.05) is 13.8 Å². The number of H-pyrrole nitrogens is 1. The summed E-state index contributed by atoms with van der Waals surface area (Å²) in [6.45, 7) is 4.00. The molecule has 0 bridgehead atoms. The fraction of sp³-hybridized carbons (Fsp3) is 0.353. The summed E-state index contributed by atoms with van der Waals surface area (Å²) in [5, 5.41) is 0. The number of furan rings is 1. The molecule has 122 valence electrons. The molecule has 23 heavy (non-hydrogen) atoms. The summed E-state index contributed by atoms with van der Waals surface area (Å²) < 4.78 is 10.0. The number of esters is 1. The first-order valence-corrected chi connectivity index (χ1v) is 7.56. The van der Waals surface area contributed by atoms with Gasteiger partial charge in [-0.25, -0.2) is 9.78 Å². The van der Waals surface area contributed by atoms with E-state index in [4.69, 9.17) is 4.42 Å². The molecule has 0 aromatic carbocycles. The summed E-state index contributed by atoms with van der Waals surface area (Å²) in [7, 11) is 1.30. The molecule has 0 radical (unpaired) electrons. The summed E-state index contributed by atoms with van der Waals surface area (Å²) in [4.78, 5) is 30.4. The van der Waals surface area contributed by atoms with Gasteiger partial charge in [-0.05, 0) is 36.6 Å². The Hall–Kier alpha value is -2.63. The number of hydrogen-bond acceptors (Lipinski definition) is 5. The fourth-order valence-electron chi connectivity index (χ4n) is 2.19. The van der Waals surface area contributed by atoms with Gasteiger partial charge in [0.1, 0.15) is 11.6 Å². The number of hydrogen-bond donors (Lipinski definition) is 1. The number of aromatic nitrogens is 2. The van der Waals surface area contributed by atoms with Crippen LogP contribution in [0.5, 0.6) is 0 Å².